The van der Waals surface area contributed by atoms with Crippen LogP contribution >= 0.6 is 0 Å². The SMILES string of the molecule is O=S(=O)(Nc1ccccc1)c1ccc(F)c(F)c1. The molecule has 2 rings (SSSR count). The van der Waals surface area contributed by atoms with Gasteiger partial charge >= 0.3 is 0 Å². The first-order valence-electron chi connectivity index (χ1n) is 5.02. The number of anilines is 1. The van der Waals surface area contributed by atoms with Crippen LogP contribution in [0.15, 0.2) is 53.4 Å². The lowest BCUT2D eigenvalue weighted by atomic mass is 10.3. The van der Waals surface area contributed by atoms with Crippen LogP contribution in [0.1, 0.15) is 0 Å². The Labute approximate surface area is 103 Å². The summed E-state index contributed by atoms with van der Waals surface area (Å²) >= 11 is 0. The maximum absolute atomic E-state index is 13.0. The highest BCUT2D eigenvalue weighted by molar-refractivity contribution is 7.92. The van der Waals surface area contributed by atoms with Crippen molar-refractivity contribution in [2.75, 3.05) is 4.72 Å². The smallest absolute Gasteiger partial charge is 0.261 e. The molecule has 0 atom stereocenters. The Morgan fingerprint density at radius 3 is 2.17 bits per heavy atom. The van der Waals surface area contributed by atoms with Crippen LogP contribution < -0.4 is 4.72 Å². The number of benzene rings is 2. The molecule has 0 aromatic heterocycles. The molecule has 0 aliphatic heterocycles. The molecule has 3 nitrogen and oxygen atoms in total. The van der Waals surface area contributed by atoms with Gasteiger partial charge in [-0.2, -0.15) is 0 Å². The first-order valence-corrected chi connectivity index (χ1v) is 6.50. The van der Waals surface area contributed by atoms with Crippen molar-refractivity contribution in [3.8, 4) is 0 Å². The minimum Gasteiger partial charge on any atom is -0.280 e. The summed E-state index contributed by atoms with van der Waals surface area (Å²) in [6.07, 6.45) is 0. The summed E-state index contributed by atoms with van der Waals surface area (Å²) < 4.78 is 51.7. The molecule has 6 heteroatoms. The quantitative estimate of drug-likeness (QED) is 0.931. The maximum atomic E-state index is 13.0. The highest BCUT2D eigenvalue weighted by Gasteiger charge is 2.16. The number of hydrogen-bond donors (Lipinski definition) is 1. The molecule has 0 bridgehead atoms. The summed E-state index contributed by atoms with van der Waals surface area (Å²) in [7, 11) is -3.91. The number of rotatable bonds is 3. The van der Waals surface area contributed by atoms with E-state index < -0.39 is 21.7 Å². The maximum Gasteiger partial charge on any atom is 0.261 e. The second kappa shape index (κ2) is 4.73. The number of hydrogen-bond acceptors (Lipinski definition) is 2. The van der Waals surface area contributed by atoms with Gasteiger partial charge in [-0.05, 0) is 30.3 Å². The zero-order valence-corrected chi connectivity index (χ0v) is 9.92. The molecule has 1 N–H and O–H groups in total. The van der Waals surface area contributed by atoms with E-state index in [2.05, 4.69) is 4.72 Å². The van der Waals surface area contributed by atoms with Crippen LogP contribution in [0.4, 0.5) is 14.5 Å². The van der Waals surface area contributed by atoms with E-state index >= 15 is 0 Å². The van der Waals surface area contributed by atoms with E-state index in [0.29, 0.717) is 11.8 Å². The second-order valence-electron chi connectivity index (χ2n) is 3.55. The van der Waals surface area contributed by atoms with Gasteiger partial charge < -0.3 is 0 Å². The van der Waals surface area contributed by atoms with Crippen molar-refractivity contribution >= 4 is 15.7 Å². The molecule has 0 amide bonds. The monoisotopic (exact) mass is 269 g/mol. The lowest BCUT2D eigenvalue weighted by Crippen LogP contribution is -2.13. The van der Waals surface area contributed by atoms with Crippen LogP contribution in [-0.2, 0) is 10.0 Å². The van der Waals surface area contributed by atoms with Gasteiger partial charge in [0, 0.05) is 5.69 Å². The molecule has 18 heavy (non-hydrogen) atoms. The Balaban J connectivity index is 2.34. The van der Waals surface area contributed by atoms with E-state index in [1.54, 1.807) is 30.3 Å². The van der Waals surface area contributed by atoms with E-state index in [4.69, 9.17) is 0 Å². The van der Waals surface area contributed by atoms with E-state index in [-0.39, 0.29) is 4.90 Å². The van der Waals surface area contributed by atoms with Crippen molar-refractivity contribution < 1.29 is 17.2 Å². The van der Waals surface area contributed by atoms with E-state index in [1.165, 1.54) is 0 Å². The molecule has 0 saturated carbocycles. The van der Waals surface area contributed by atoms with Crippen molar-refractivity contribution in [2.24, 2.45) is 0 Å². The summed E-state index contributed by atoms with van der Waals surface area (Å²) in [5.41, 5.74) is 0.349. The molecular weight excluding hydrogens is 260 g/mol. The lowest BCUT2D eigenvalue weighted by molar-refractivity contribution is 0.504. The standard InChI is InChI=1S/C12H9F2NO2S/c13-11-7-6-10(8-12(11)14)18(16,17)15-9-4-2-1-3-5-9/h1-8,15H. The van der Waals surface area contributed by atoms with Crippen molar-refractivity contribution in [3.63, 3.8) is 0 Å². The summed E-state index contributed by atoms with van der Waals surface area (Å²) in [4.78, 5) is -0.328. The van der Waals surface area contributed by atoms with Gasteiger partial charge in [0.05, 0.1) is 4.90 Å². The van der Waals surface area contributed by atoms with Gasteiger partial charge in [-0.1, -0.05) is 18.2 Å². The van der Waals surface area contributed by atoms with Crippen molar-refractivity contribution in [3.05, 3.63) is 60.2 Å². The normalized spacial score (nSPS) is 11.2. The van der Waals surface area contributed by atoms with E-state index in [9.17, 15) is 17.2 Å². The first-order chi connectivity index (χ1) is 8.49. The average Bonchev–Trinajstić information content (AvgIpc) is 2.33. The molecule has 0 radical (unpaired) electrons. The predicted octanol–water partition coefficient (Wildman–Crippen LogP) is 2.77. The second-order valence-corrected chi connectivity index (χ2v) is 5.23. The molecule has 0 aliphatic rings. The third-order valence-electron chi connectivity index (χ3n) is 2.23. The highest BCUT2D eigenvalue weighted by atomic mass is 32.2. The molecular formula is C12H9F2NO2S. The van der Waals surface area contributed by atoms with Gasteiger partial charge in [0.15, 0.2) is 11.6 Å². The largest absolute Gasteiger partial charge is 0.280 e. The molecule has 0 saturated heterocycles. The molecule has 0 unspecified atom stereocenters. The fourth-order valence-corrected chi connectivity index (χ4v) is 2.43. The molecule has 0 spiro atoms. The zero-order chi connectivity index (χ0) is 13.2. The Morgan fingerprint density at radius 1 is 0.889 bits per heavy atom. The predicted molar refractivity (Wildman–Crippen MR) is 63.6 cm³/mol. The minimum absolute atomic E-state index is 0.328. The molecule has 94 valence electrons. The third kappa shape index (κ3) is 2.65. The third-order valence-corrected chi connectivity index (χ3v) is 3.61. The van der Waals surface area contributed by atoms with Crippen LogP contribution in [-0.4, -0.2) is 8.42 Å². The molecule has 2 aromatic carbocycles. The number of para-hydroxylation sites is 1. The van der Waals surface area contributed by atoms with Gasteiger partial charge in [-0.3, -0.25) is 4.72 Å². The summed E-state index contributed by atoms with van der Waals surface area (Å²) in [5, 5.41) is 0. The minimum atomic E-state index is -3.91. The van der Waals surface area contributed by atoms with Crippen molar-refractivity contribution in [1.29, 1.82) is 0 Å². The van der Waals surface area contributed by atoms with Gasteiger partial charge in [0.1, 0.15) is 0 Å². The van der Waals surface area contributed by atoms with Gasteiger partial charge in [0.25, 0.3) is 10.0 Å². The molecule has 0 heterocycles. The number of sulfonamides is 1. The van der Waals surface area contributed by atoms with Gasteiger partial charge in [-0.15, -0.1) is 0 Å². The number of nitrogens with one attached hydrogen (secondary N) is 1. The zero-order valence-electron chi connectivity index (χ0n) is 9.10. The first kappa shape index (κ1) is 12.5. The van der Waals surface area contributed by atoms with Crippen molar-refractivity contribution in [1.82, 2.24) is 0 Å². The Morgan fingerprint density at radius 2 is 1.56 bits per heavy atom. The highest BCUT2D eigenvalue weighted by Crippen LogP contribution is 2.17. The Bertz CT molecular complexity index is 657. The molecule has 0 fully saturated rings. The summed E-state index contributed by atoms with van der Waals surface area (Å²) in [6, 6.07) is 10.6. The fourth-order valence-electron chi connectivity index (χ4n) is 1.36. The fraction of sp³-hybridized carbons (Fsp3) is 0. The Kier molecular flexibility index (Phi) is 3.29. The topological polar surface area (TPSA) is 46.2 Å². The average molecular weight is 269 g/mol. The van der Waals surface area contributed by atoms with Crippen molar-refractivity contribution in [2.45, 2.75) is 4.90 Å². The van der Waals surface area contributed by atoms with Crippen LogP contribution in [0.2, 0.25) is 0 Å². The van der Waals surface area contributed by atoms with Gasteiger partial charge in [-0.25, -0.2) is 17.2 Å². The Hall–Kier alpha value is -1.95. The van der Waals surface area contributed by atoms with E-state index in [0.717, 1.165) is 12.1 Å². The summed E-state index contributed by atoms with van der Waals surface area (Å²) in [6.45, 7) is 0. The van der Waals surface area contributed by atoms with Crippen LogP contribution in [0, 0.1) is 11.6 Å². The van der Waals surface area contributed by atoms with Crippen LogP contribution in [0.25, 0.3) is 0 Å². The number of halogens is 2. The van der Waals surface area contributed by atoms with E-state index in [1.807, 2.05) is 0 Å². The summed E-state index contributed by atoms with van der Waals surface area (Å²) in [5.74, 6) is -2.29. The lowest BCUT2D eigenvalue weighted by Gasteiger charge is -2.07. The van der Waals surface area contributed by atoms with Crippen LogP contribution in [0.5, 0.6) is 0 Å². The molecule has 2 aromatic rings. The van der Waals surface area contributed by atoms with Gasteiger partial charge in [0.2, 0.25) is 0 Å². The van der Waals surface area contributed by atoms with Crippen LogP contribution in [0.3, 0.4) is 0 Å². The molecule has 0 aliphatic carbocycles.